The number of nitrogens with zero attached hydrogens (tertiary/aromatic N) is 1. The molecule has 0 unspecified atom stereocenters. The Balaban J connectivity index is 1.57. The van der Waals surface area contributed by atoms with Gasteiger partial charge in [-0.2, -0.15) is 0 Å². The molecule has 1 N–H and O–H groups in total. The zero-order chi connectivity index (χ0) is 20.4. The first-order valence-corrected chi connectivity index (χ1v) is 11.3. The van der Waals surface area contributed by atoms with Gasteiger partial charge in [0.05, 0.1) is 17.2 Å². The topological polar surface area (TPSA) is 62.6 Å². The summed E-state index contributed by atoms with van der Waals surface area (Å²) in [5.74, 6) is 0.771. The van der Waals surface area contributed by atoms with E-state index in [4.69, 9.17) is 4.42 Å². The number of furan rings is 1. The van der Waals surface area contributed by atoms with Crippen molar-refractivity contribution in [2.75, 3.05) is 13.1 Å². The van der Waals surface area contributed by atoms with Crippen LogP contribution in [-0.2, 0) is 23.0 Å². The fourth-order valence-electron chi connectivity index (χ4n) is 3.94. The van der Waals surface area contributed by atoms with Crippen molar-refractivity contribution >= 4 is 10.0 Å². The molecule has 1 aliphatic rings. The van der Waals surface area contributed by atoms with E-state index in [2.05, 4.69) is 27.8 Å². The van der Waals surface area contributed by atoms with Gasteiger partial charge in [0.1, 0.15) is 5.76 Å². The van der Waals surface area contributed by atoms with Crippen LogP contribution < -0.4 is 4.72 Å². The summed E-state index contributed by atoms with van der Waals surface area (Å²) < 4.78 is 34.5. The summed E-state index contributed by atoms with van der Waals surface area (Å²) in [5.41, 5.74) is 4.31. The highest BCUT2D eigenvalue weighted by Gasteiger charge is 2.28. The van der Waals surface area contributed by atoms with Crippen molar-refractivity contribution in [1.29, 1.82) is 0 Å². The van der Waals surface area contributed by atoms with Crippen molar-refractivity contribution in [3.63, 3.8) is 0 Å². The van der Waals surface area contributed by atoms with Crippen molar-refractivity contribution in [3.8, 4) is 0 Å². The van der Waals surface area contributed by atoms with Crippen molar-refractivity contribution < 1.29 is 12.8 Å². The molecule has 0 radical (unpaired) electrons. The van der Waals surface area contributed by atoms with E-state index in [1.54, 1.807) is 12.3 Å². The first kappa shape index (κ1) is 19.9. The maximum atomic E-state index is 13.0. The normalized spacial score (nSPS) is 15.8. The zero-order valence-corrected chi connectivity index (χ0v) is 17.6. The molecule has 0 fully saturated rings. The van der Waals surface area contributed by atoms with E-state index in [0.717, 1.165) is 36.4 Å². The molecule has 152 valence electrons. The predicted octanol–water partition coefficient (Wildman–Crippen LogP) is 3.97. The lowest BCUT2D eigenvalue weighted by Crippen LogP contribution is -2.40. The Morgan fingerprint density at radius 3 is 2.62 bits per heavy atom. The van der Waals surface area contributed by atoms with Crippen molar-refractivity contribution in [2.24, 2.45) is 0 Å². The van der Waals surface area contributed by atoms with Gasteiger partial charge < -0.3 is 4.42 Å². The first-order chi connectivity index (χ1) is 13.9. The van der Waals surface area contributed by atoms with E-state index in [9.17, 15) is 8.42 Å². The maximum absolute atomic E-state index is 13.0. The lowest BCUT2D eigenvalue weighted by molar-refractivity contribution is 0.160. The van der Waals surface area contributed by atoms with E-state index in [1.807, 2.05) is 44.2 Å². The molecule has 1 aromatic heterocycles. The molecule has 5 nitrogen and oxygen atoms in total. The maximum Gasteiger partial charge on any atom is 0.240 e. The van der Waals surface area contributed by atoms with Gasteiger partial charge >= 0.3 is 0 Å². The van der Waals surface area contributed by atoms with E-state index in [1.165, 1.54) is 11.1 Å². The quantitative estimate of drug-likeness (QED) is 0.668. The standard InChI is InChI=1S/C23H26N2O3S/c1-17-9-10-18(2)23(14-17)29(26,27)24-15-21(22-8-5-13-28-22)25-12-11-19-6-3-4-7-20(19)16-25/h3-10,13-14,21,24H,11-12,15-16H2,1-2H3/t21-/m0/s1. The minimum atomic E-state index is -3.62. The highest BCUT2D eigenvalue weighted by molar-refractivity contribution is 7.89. The molecule has 0 saturated carbocycles. The van der Waals surface area contributed by atoms with Gasteiger partial charge in [-0.3, -0.25) is 4.90 Å². The monoisotopic (exact) mass is 410 g/mol. The number of nitrogens with one attached hydrogen (secondary N) is 1. The van der Waals surface area contributed by atoms with Crippen LogP contribution >= 0.6 is 0 Å². The van der Waals surface area contributed by atoms with Gasteiger partial charge in [-0.05, 0) is 60.7 Å². The number of hydrogen-bond acceptors (Lipinski definition) is 4. The molecule has 0 bridgehead atoms. The number of rotatable bonds is 6. The lowest BCUT2D eigenvalue weighted by atomic mass is 9.98. The molecule has 0 saturated heterocycles. The van der Waals surface area contributed by atoms with E-state index in [0.29, 0.717) is 4.90 Å². The number of sulfonamides is 1. The Bertz CT molecular complexity index is 1090. The van der Waals surface area contributed by atoms with Crippen LogP contribution in [-0.4, -0.2) is 26.4 Å². The summed E-state index contributed by atoms with van der Waals surface area (Å²) in [6.45, 7) is 5.60. The lowest BCUT2D eigenvalue weighted by Gasteiger charge is -2.34. The highest BCUT2D eigenvalue weighted by atomic mass is 32.2. The van der Waals surface area contributed by atoms with Crippen LogP contribution in [0.5, 0.6) is 0 Å². The van der Waals surface area contributed by atoms with Gasteiger partial charge in [0.15, 0.2) is 0 Å². The number of fused-ring (bicyclic) bond motifs is 1. The average molecular weight is 411 g/mol. The number of benzene rings is 2. The molecule has 29 heavy (non-hydrogen) atoms. The zero-order valence-electron chi connectivity index (χ0n) is 16.8. The van der Waals surface area contributed by atoms with Crippen molar-refractivity contribution in [2.45, 2.75) is 37.8 Å². The van der Waals surface area contributed by atoms with Crippen LogP contribution in [0, 0.1) is 13.8 Å². The SMILES string of the molecule is Cc1ccc(C)c(S(=O)(=O)NC[C@@H](c2ccco2)N2CCc3ccccc3C2)c1. The van der Waals surface area contributed by atoms with Gasteiger partial charge in [0.25, 0.3) is 0 Å². The van der Waals surface area contributed by atoms with E-state index >= 15 is 0 Å². The third-order valence-corrected chi connectivity index (χ3v) is 7.14. The van der Waals surface area contributed by atoms with Crippen LogP contribution in [0.15, 0.2) is 70.2 Å². The van der Waals surface area contributed by atoms with E-state index < -0.39 is 10.0 Å². The second-order valence-corrected chi connectivity index (χ2v) is 9.38. The van der Waals surface area contributed by atoms with Gasteiger partial charge in [0, 0.05) is 19.6 Å². The molecule has 1 atom stereocenters. The summed E-state index contributed by atoms with van der Waals surface area (Å²) in [6, 6.07) is 17.5. The fourth-order valence-corrected chi connectivity index (χ4v) is 5.30. The van der Waals surface area contributed by atoms with Crippen molar-refractivity contribution in [1.82, 2.24) is 9.62 Å². The smallest absolute Gasteiger partial charge is 0.240 e. The van der Waals surface area contributed by atoms with Crippen LogP contribution in [0.3, 0.4) is 0 Å². The molecule has 1 aliphatic heterocycles. The predicted molar refractivity (Wildman–Crippen MR) is 113 cm³/mol. The summed E-state index contributed by atoms with van der Waals surface area (Å²) in [6.07, 6.45) is 2.58. The molecular formula is C23H26N2O3S. The molecule has 4 rings (SSSR count). The average Bonchev–Trinajstić information content (AvgIpc) is 3.24. The second-order valence-electron chi connectivity index (χ2n) is 7.64. The molecule has 3 aromatic rings. The van der Waals surface area contributed by atoms with E-state index in [-0.39, 0.29) is 12.6 Å². The Morgan fingerprint density at radius 1 is 1.07 bits per heavy atom. The molecule has 0 aliphatic carbocycles. The molecule has 0 spiro atoms. The van der Waals surface area contributed by atoms with Gasteiger partial charge in [-0.15, -0.1) is 0 Å². The molecule has 0 amide bonds. The summed E-state index contributed by atoms with van der Waals surface area (Å²) >= 11 is 0. The van der Waals surface area contributed by atoms with Gasteiger partial charge in [-0.1, -0.05) is 36.4 Å². The number of hydrogen-bond donors (Lipinski definition) is 1. The number of aryl methyl sites for hydroxylation is 2. The van der Waals surface area contributed by atoms with Gasteiger partial charge in [0.2, 0.25) is 10.0 Å². The third kappa shape index (κ3) is 4.29. The Labute approximate surface area is 172 Å². The van der Waals surface area contributed by atoms with Crippen molar-refractivity contribution in [3.05, 3.63) is 88.9 Å². The first-order valence-electron chi connectivity index (χ1n) is 9.85. The largest absolute Gasteiger partial charge is 0.468 e. The molecule has 2 heterocycles. The van der Waals surface area contributed by atoms with Crippen LogP contribution in [0.2, 0.25) is 0 Å². The summed E-state index contributed by atoms with van der Waals surface area (Å²) in [4.78, 5) is 2.62. The third-order valence-electron chi connectivity index (χ3n) is 5.57. The van der Waals surface area contributed by atoms with Crippen LogP contribution in [0.25, 0.3) is 0 Å². The Hall–Kier alpha value is -2.41. The highest BCUT2D eigenvalue weighted by Crippen LogP contribution is 2.28. The Morgan fingerprint density at radius 2 is 1.86 bits per heavy atom. The summed E-state index contributed by atoms with van der Waals surface area (Å²) in [7, 11) is -3.62. The fraction of sp³-hybridized carbons (Fsp3) is 0.304. The Kier molecular flexibility index (Phi) is 5.58. The molecule has 2 aromatic carbocycles. The van der Waals surface area contributed by atoms with Crippen LogP contribution in [0.1, 0.15) is 34.1 Å². The second kappa shape index (κ2) is 8.14. The minimum Gasteiger partial charge on any atom is -0.468 e. The van der Waals surface area contributed by atoms with Crippen LogP contribution in [0.4, 0.5) is 0 Å². The van der Waals surface area contributed by atoms with Gasteiger partial charge in [-0.25, -0.2) is 13.1 Å². The minimum absolute atomic E-state index is 0.168. The molecule has 6 heteroatoms. The molecular weight excluding hydrogens is 384 g/mol. The summed E-state index contributed by atoms with van der Waals surface area (Å²) in [5, 5.41) is 0.